The topological polar surface area (TPSA) is 83.7 Å². The third-order valence-corrected chi connectivity index (χ3v) is 6.94. The van der Waals surface area contributed by atoms with Crippen molar-refractivity contribution < 1.29 is 13.9 Å². The van der Waals surface area contributed by atoms with Crippen molar-refractivity contribution in [2.24, 2.45) is 0 Å². The highest BCUT2D eigenvalue weighted by molar-refractivity contribution is 5.95. The van der Waals surface area contributed by atoms with E-state index in [2.05, 4.69) is 22.1 Å². The predicted octanol–water partition coefficient (Wildman–Crippen LogP) is 4.81. The van der Waals surface area contributed by atoms with Gasteiger partial charge < -0.3 is 24.3 Å². The number of hydrogen-bond acceptors (Lipinski definition) is 7. The highest BCUT2D eigenvalue weighted by atomic mass is 16.5. The average molecular weight is 478 g/mol. The fourth-order valence-corrected chi connectivity index (χ4v) is 4.96. The summed E-state index contributed by atoms with van der Waals surface area (Å²) in [5.74, 6) is 0.691. The molecule has 8 heteroatoms. The van der Waals surface area contributed by atoms with E-state index in [1.807, 2.05) is 43.0 Å². The van der Waals surface area contributed by atoms with Gasteiger partial charge in [-0.05, 0) is 57.5 Å². The summed E-state index contributed by atoms with van der Waals surface area (Å²) in [6.45, 7) is 10.5. The van der Waals surface area contributed by atoms with Gasteiger partial charge in [-0.1, -0.05) is 19.8 Å². The second-order valence-corrected chi connectivity index (χ2v) is 9.76. The standard InChI is InChI=1S/C27H35N5O3/c1-4-31-13-15-32(16-14-31)26(33)19-9-11-22(28-17-19)21-10-12-23-24(25(21)34-18(2)3)30-27(35-23)29-20-7-5-6-8-20/h9-12,17-18,20H,4-8,13-16H2,1-3H3,(H,29,30). The molecule has 1 aliphatic carbocycles. The number of amides is 1. The van der Waals surface area contributed by atoms with Crippen molar-refractivity contribution >= 4 is 23.0 Å². The molecule has 1 saturated heterocycles. The number of carbonyl (C=O) groups is 1. The van der Waals surface area contributed by atoms with E-state index in [0.29, 0.717) is 34.5 Å². The van der Waals surface area contributed by atoms with Gasteiger partial charge in [0.05, 0.1) is 17.4 Å². The van der Waals surface area contributed by atoms with Crippen LogP contribution in [0.2, 0.25) is 0 Å². The van der Waals surface area contributed by atoms with Crippen molar-refractivity contribution in [2.45, 2.75) is 58.6 Å². The van der Waals surface area contributed by atoms with Crippen LogP contribution in [0.4, 0.5) is 6.01 Å². The number of nitrogens with one attached hydrogen (secondary N) is 1. The molecule has 0 atom stereocenters. The lowest BCUT2D eigenvalue weighted by atomic mass is 10.1. The van der Waals surface area contributed by atoms with Crippen LogP contribution in [0.25, 0.3) is 22.4 Å². The molecular formula is C27H35N5O3. The third kappa shape index (κ3) is 5.12. The van der Waals surface area contributed by atoms with Crippen molar-refractivity contribution in [3.8, 4) is 17.0 Å². The monoisotopic (exact) mass is 477 g/mol. The van der Waals surface area contributed by atoms with Gasteiger partial charge in [-0.2, -0.15) is 4.98 Å². The number of oxazole rings is 1. The van der Waals surface area contributed by atoms with Crippen LogP contribution in [0, 0.1) is 0 Å². The number of likely N-dealkylation sites (N-methyl/N-ethyl adjacent to an activating group) is 1. The second-order valence-electron chi connectivity index (χ2n) is 9.76. The van der Waals surface area contributed by atoms with Crippen LogP contribution in [0.1, 0.15) is 56.8 Å². The number of aromatic nitrogens is 2. The first kappa shape index (κ1) is 23.6. The number of ether oxygens (including phenoxy) is 1. The highest BCUT2D eigenvalue weighted by Gasteiger charge is 2.23. The first-order valence-corrected chi connectivity index (χ1v) is 12.9. The maximum Gasteiger partial charge on any atom is 0.296 e. The van der Waals surface area contributed by atoms with Gasteiger partial charge in [0.1, 0.15) is 0 Å². The van der Waals surface area contributed by atoms with Gasteiger partial charge in [-0.3, -0.25) is 9.78 Å². The van der Waals surface area contributed by atoms with Crippen molar-refractivity contribution in [3.05, 3.63) is 36.0 Å². The van der Waals surface area contributed by atoms with Gasteiger partial charge in [-0.25, -0.2) is 0 Å². The predicted molar refractivity (Wildman–Crippen MR) is 137 cm³/mol. The Bertz CT molecular complexity index is 1160. The zero-order chi connectivity index (χ0) is 24.4. The number of pyridine rings is 1. The largest absolute Gasteiger partial charge is 0.488 e. The van der Waals surface area contributed by atoms with E-state index in [1.54, 1.807) is 6.20 Å². The SMILES string of the molecule is CCN1CCN(C(=O)c2ccc(-c3ccc4oc(NC5CCCC5)nc4c3OC(C)C)nc2)CC1. The zero-order valence-electron chi connectivity index (χ0n) is 20.9. The molecule has 2 fully saturated rings. The van der Waals surface area contributed by atoms with E-state index < -0.39 is 0 Å². The van der Waals surface area contributed by atoms with Gasteiger partial charge in [-0.15, -0.1) is 0 Å². The van der Waals surface area contributed by atoms with Gasteiger partial charge >= 0.3 is 0 Å². The lowest BCUT2D eigenvalue weighted by molar-refractivity contribution is 0.0643. The summed E-state index contributed by atoms with van der Waals surface area (Å²) in [6.07, 6.45) is 6.39. The summed E-state index contributed by atoms with van der Waals surface area (Å²) in [5, 5.41) is 3.43. The van der Waals surface area contributed by atoms with Crippen LogP contribution in [-0.4, -0.2) is 70.5 Å². The van der Waals surface area contributed by atoms with E-state index in [0.717, 1.165) is 56.8 Å². The number of piperazine rings is 1. The van der Waals surface area contributed by atoms with Gasteiger partial charge in [0.15, 0.2) is 16.8 Å². The molecule has 2 aliphatic rings. The Hall–Kier alpha value is -3.13. The van der Waals surface area contributed by atoms with E-state index in [4.69, 9.17) is 14.1 Å². The van der Waals surface area contributed by atoms with Crippen LogP contribution < -0.4 is 10.1 Å². The van der Waals surface area contributed by atoms with Gasteiger partial charge in [0.2, 0.25) is 0 Å². The number of hydrogen-bond donors (Lipinski definition) is 1. The first-order valence-electron chi connectivity index (χ1n) is 12.9. The van der Waals surface area contributed by atoms with Gasteiger partial charge in [0.25, 0.3) is 11.9 Å². The number of fused-ring (bicyclic) bond motifs is 1. The Balaban J connectivity index is 1.40. The molecule has 1 N–H and O–H groups in total. The fraction of sp³-hybridized carbons (Fsp3) is 0.519. The lowest BCUT2D eigenvalue weighted by Gasteiger charge is -2.34. The summed E-state index contributed by atoms with van der Waals surface area (Å²) in [5.41, 5.74) is 3.55. The van der Waals surface area contributed by atoms with E-state index in [9.17, 15) is 4.79 Å². The van der Waals surface area contributed by atoms with Gasteiger partial charge in [0, 0.05) is 44.0 Å². The fourth-order valence-electron chi connectivity index (χ4n) is 4.96. The summed E-state index contributed by atoms with van der Waals surface area (Å²) in [4.78, 5) is 26.6. The van der Waals surface area contributed by atoms with E-state index >= 15 is 0 Å². The number of carbonyl (C=O) groups excluding carboxylic acids is 1. The van der Waals surface area contributed by atoms with Crippen LogP contribution in [0.3, 0.4) is 0 Å². The van der Waals surface area contributed by atoms with E-state index in [1.165, 1.54) is 12.8 Å². The molecule has 0 radical (unpaired) electrons. The van der Waals surface area contributed by atoms with Crippen molar-refractivity contribution in [2.75, 3.05) is 38.0 Å². The zero-order valence-corrected chi connectivity index (χ0v) is 20.9. The molecule has 0 spiro atoms. The summed E-state index contributed by atoms with van der Waals surface area (Å²) in [6, 6.07) is 8.57. The average Bonchev–Trinajstić information content (AvgIpc) is 3.54. The number of rotatable bonds is 7. The summed E-state index contributed by atoms with van der Waals surface area (Å²) >= 11 is 0. The Morgan fingerprint density at radius 2 is 1.91 bits per heavy atom. The first-order chi connectivity index (χ1) is 17.0. The Morgan fingerprint density at radius 3 is 2.57 bits per heavy atom. The maximum absolute atomic E-state index is 13.0. The molecule has 0 bridgehead atoms. The molecule has 2 aromatic heterocycles. The van der Waals surface area contributed by atoms with Crippen LogP contribution in [-0.2, 0) is 0 Å². The summed E-state index contributed by atoms with van der Waals surface area (Å²) in [7, 11) is 0. The van der Waals surface area contributed by atoms with Crippen LogP contribution in [0.5, 0.6) is 5.75 Å². The molecule has 1 amide bonds. The number of benzene rings is 1. The van der Waals surface area contributed by atoms with E-state index in [-0.39, 0.29) is 12.0 Å². The maximum atomic E-state index is 13.0. The normalized spacial score (nSPS) is 17.4. The minimum atomic E-state index is -0.0371. The molecular weight excluding hydrogens is 442 g/mol. The second kappa shape index (κ2) is 10.2. The van der Waals surface area contributed by atoms with Crippen molar-refractivity contribution in [3.63, 3.8) is 0 Å². The van der Waals surface area contributed by atoms with Crippen molar-refractivity contribution in [1.29, 1.82) is 0 Å². The smallest absolute Gasteiger partial charge is 0.296 e. The third-order valence-electron chi connectivity index (χ3n) is 6.94. The minimum Gasteiger partial charge on any atom is -0.488 e. The molecule has 186 valence electrons. The highest BCUT2D eigenvalue weighted by Crippen LogP contribution is 2.38. The Kier molecular flexibility index (Phi) is 6.90. The molecule has 8 nitrogen and oxygen atoms in total. The molecule has 35 heavy (non-hydrogen) atoms. The lowest BCUT2D eigenvalue weighted by Crippen LogP contribution is -2.48. The van der Waals surface area contributed by atoms with Crippen LogP contribution in [0.15, 0.2) is 34.9 Å². The number of nitrogens with zero attached hydrogens (tertiary/aromatic N) is 4. The minimum absolute atomic E-state index is 0.0352. The molecule has 1 saturated carbocycles. The van der Waals surface area contributed by atoms with Crippen molar-refractivity contribution in [1.82, 2.24) is 19.8 Å². The molecule has 3 heterocycles. The molecule has 1 aliphatic heterocycles. The Morgan fingerprint density at radius 1 is 1.14 bits per heavy atom. The Labute approximate surface area is 206 Å². The number of anilines is 1. The van der Waals surface area contributed by atoms with Crippen LogP contribution >= 0.6 is 0 Å². The molecule has 5 rings (SSSR count). The molecule has 0 unspecified atom stereocenters. The summed E-state index contributed by atoms with van der Waals surface area (Å²) < 4.78 is 12.2. The quantitative estimate of drug-likeness (QED) is 0.523. The molecule has 1 aromatic carbocycles. The molecule has 3 aromatic rings.